The molecule has 6 nitrogen and oxygen atoms in total. The zero-order valence-electron chi connectivity index (χ0n) is 11.7. The second-order valence-electron chi connectivity index (χ2n) is 4.75. The molecule has 3 rings (SSSR count). The third-order valence-corrected chi connectivity index (χ3v) is 3.04. The summed E-state index contributed by atoms with van der Waals surface area (Å²) in [7, 11) is 0. The van der Waals surface area contributed by atoms with Crippen molar-refractivity contribution in [1.82, 2.24) is 25.0 Å². The van der Waals surface area contributed by atoms with Crippen LogP contribution in [0, 0.1) is 0 Å². The Morgan fingerprint density at radius 2 is 1.74 bits per heavy atom. The lowest BCUT2D eigenvalue weighted by Gasteiger charge is -2.03. The number of alkyl halides is 3. The van der Waals surface area contributed by atoms with Crippen LogP contribution >= 0.6 is 0 Å². The van der Waals surface area contributed by atoms with Gasteiger partial charge in [0.05, 0.1) is 5.69 Å². The minimum atomic E-state index is -4.67. The fraction of sp³-hybridized carbons (Fsp3) is 0.143. The summed E-state index contributed by atoms with van der Waals surface area (Å²) >= 11 is 0. The summed E-state index contributed by atoms with van der Waals surface area (Å²) in [4.78, 5) is 3.19. The van der Waals surface area contributed by atoms with Crippen LogP contribution in [0.5, 0.6) is 0 Å². The van der Waals surface area contributed by atoms with Gasteiger partial charge in [0.25, 0.3) is 5.82 Å². The summed E-state index contributed by atoms with van der Waals surface area (Å²) in [5.74, 6) is -1.64. The first kappa shape index (κ1) is 14.9. The van der Waals surface area contributed by atoms with Crippen LogP contribution in [0.1, 0.15) is 17.1 Å². The van der Waals surface area contributed by atoms with E-state index in [1.54, 1.807) is 6.07 Å². The summed E-state index contributed by atoms with van der Waals surface area (Å²) in [6.45, 7) is 0. The second kappa shape index (κ2) is 5.67. The Bertz CT molecular complexity index is 796. The van der Waals surface area contributed by atoms with E-state index in [1.807, 2.05) is 30.3 Å². The van der Waals surface area contributed by atoms with Gasteiger partial charge in [-0.05, 0) is 17.7 Å². The number of benzene rings is 1. The molecule has 1 aromatic carbocycles. The Labute approximate surface area is 128 Å². The molecule has 2 aromatic heterocycles. The average molecular weight is 320 g/mol. The van der Waals surface area contributed by atoms with E-state index in [0.29, 0.717) is 12.1 Å². The van der Waals surface area contributed by atoms with Crippen molar-refractivity contribution in [3.8, 4) is 5.82 Å². The lowest BCUT2D eigenvalue weighted by Crippen LogP contribution is -2.09. The van der Waals surface area contributed by atoms with E-state index in [9.17, 15) is 13.2 Å². The molecule has 0 spiro atoms. The van der Waals surface area contributed by atoms with E-state index in [4.69, 9.17) is 5.73 Å². The normalized spacial score (nSPS) is 11.6. The van der Waals surface area contributed by atoms with Gasteiger partial charge in [0.2, 0.25) is 5.95 Å². The third kappa shape index (κ3) is 3.28. The van der Waals surface area contributed by atoms with E-state index in [0.717, 1.165) is 10.2 Å². The average Bonchev–Trinajstić information content (AvgIpc) is 2.91. The topological polar surface area (TPSA) is 82.5 Å². The van der Waals surface area contributed by atoms with Crippen LogP contribution in [0.25, 0.3) is 5.82 Å². The maximum atomic E-state index is 12.6. The van der Waals surface area contributed by atoms with E-state index in [2.05, 4.69) is 20.3 Å². The molecule has 2 heterocycles. The van der Waals surface area contributed by atoms with Crippen molar-refractivity contribution < 1.29 is 13.2 Å². The Morgan fingerprint density at radius 3 is 2.30 bits per heavy atom. The van der Waals surface area contributed by atoms with E-state index in [-0.39, 0.29) is 5.82 Å². The first-order valence-electron chi connectivity index (χ1n) is 6.60. The predicted molar refractivity (Wildman–Crippen MR) is 75.6 cm³/mol. The van der Waals surface area contributed by atoms with Crippen molar-refractivity contribution in [2.45, 2.75) is 12.6 Å². The van der Waals surface area contributed by atoms with E-state index in [1.165, 1.54) is 6.07 Å². The van der Waals surface area contributed by atoms with Crippen LogP contribution in [0.2, 0.25) is 0 Å². The van der Waals surface area contributed by atoms with Gasteiger partial charge in [-0.25, -0.2) is 0 Å². The van der Waals surface area contributed by atoms with Crippen molar-refractivity contribution in [2.24, 2.45) is 0 Å². The number of hydrogen-bond donors (Lipinski definition) is 1. The smallest absolute Gasteiger partial charge is 0.368 e. The standard InChI is InChI=1S/C14H11F3N6/c15-14(16,17)12-19-13(18)23(22-12)11-7-6-10(20-21-11)8-9-4-2-1-3-5-9/h1-7H,8H2,(H2,18,19,22). The molecule has 0 aliphatic rings. The number of hydrogen-bond acceptors (Lipinski definition) is 5. The number of anilines is 1. The predicted octanol–water partition coefficient (Wildman–Crippen LogP) is 2.25. The van der Waals surface area contributed by atoms with Crippen LogP contribution in [0.4, 0.5) is 19.1 Å². The molecule has 0 saturated carbocycles. The van der Waals surface area contributed by atoms with Crippen molar-refractivity contribution in [3.63, 3.8) is 0 Å². The number of rotatable bonds is 3. The highest BCUT2D eigenvalue weighted by Gasteiger charge is 2.37. The zero-order valence-corrected chi connectivity index (χ0v) is 11.7. The molecule has 0 radical (unpaired) electrons. The summed E-state index contributed by atoms with van der Waals surface area (Å²) in [6, 6.07) is 12.8. The van der Waals surface area contributed by atoms with Gasteiger partial charge in [-0.2, -0.15) is 27.9 Å². The first-order chi connectivity index (χ1) is 10.9. The van der Waals surface area contributed by atoms with Crippen molar-refractivity contribution in [1.29, 1.82) is 0 Å². The number of aromatic nitrogens is 5. The highest BCUT2D eigenvalue weighted by Crippen LogP contribution is 2.27. The van der Waals surface area contributed by atoms with Gasteiger partial charge in [-0.3, -0.25) is 0 Å². The van der Waals surface area contributed by atoms with Gasteiger partial charge in [-0.15, -0.1) is 10.2 Å². The molecular formula is C14H11F3N6. The molecule has 0 saturated heterocycles. The Kier molecular flexibility index (Phi) is 3.68. The third-order valence-electron chi connectivity index (χ3n) is 3.04. The molecule has 118 valence electrons. The fourth-order valence-electron chi connectivity index (χ4n) is 1.98. The molecular weight excluding hydrogens is 309 g/mol. The van der Waals surface area contributed by atoms with Gasteiger partial charge in [-0.1, -0.05) is 30.3 Å². The Morgan fingerprint density at radius 1 is 1.00 bits per heavy atom. The van der Waals surface area contributed by atoms with Crippen LogP contribution < -0.4 is 5.73 Å². The lowest BCUT2D eigenvalue weighted by molar-refractivity contribution is -0.144. The Balaban J connectivity index is 1.84. The number of nitrogen functional groups attached to an aromatic ring is 1. The van der Waals surface area contributed by atoms with Gasteiger partial charge in [0, 0.05) is 6.42 Å². The molecule has 2 N–H and O–H groups in total. The lowest BCUT2D eigenvalue weighted by atomic mass is 10.1. The molecule has 0 amide bonds. The van der Waals surface area contributed by atoms with Crippen LogP contribution in [-0.4, -0.2) is 25.0 Å². The summed E-state index contributed by atoms with van der Waals surface area (Å²) in [5.41, 5.74) is 7.18. The quantitative estimate of drug-likeness (QED) is 0.800. The van der Waals surface area contributed by atoms with Gasteiger partial charge in [0.15, 0.2) is 5.82 Å². The number of halogens is 3. The molecule has 0 unspecified atom stereocenters. The van der Waals surface area contributed by atoms with Gasteiger partial charge < -0.3 is 5.73 Å². The van der Waals surface area contributed by atoms with Crippen LogP contribution in [-0.2, 0) is 12.6 Å². The molecule has 0 fully saturated rings. The molecule has 0 bridgehead atoms. The highest BCUT2D eigenvalue weighted by molar-refractivity contribution is 5.32. The minimum absolute atomic E-state index is 0.0716. The van der Waals surface area contributed by atoms with E-state index < -0.39 is 17.9 Å². The van der Waals surface area contributed by atoms with Gasteiger partial charge >= 0.3 is 6.18 Å². The van der Waals surface area contributed by atoms with Gasteiger partial charge in [0.1, 0.15) is 0 Å². The monoisotopic (exact) mass is 320 g/mol. The van der Waals surface area contributed by atoms with Crippen LogP contribution in [0.15, 0.2) is 42.5 Å². The molecule has 23 heavy (non-hydrogen) atoms. The summed E-state index contributed by atoms with van der Waals surface area (Å²) < 4.78 is 38.5. The SMILES string of the molecule is Nc1nc(C(F)(F)F)nn1-c1ccc(Cc2ccccc2)nn1. The fourth-order valence-corrected chi connectivity index (χ4v) is 1.98. The minimum Gasteiger partial charge on any atom is -0.368 e. The first-order valence-corrected chi connectivity index (χ1v) is 6.60. The van der Waals surface area contributed by atoms with Crippen LogP contribution in [0.3, 0.4) is 0 Å². The van der Waals surface area contributed by atoms with Crippen molar-refractivity contribution in [3.05, 3.63) is 59.5 Å². The van der Waals surface area contributed by atoms with E-state index >= 15 is 0 Å². The zero-order chi connectivity index (χ0) is 16.4. The Hall–Kier alpha value is -2.97. The molecule has 0 aliphatic heterocycles. The maximum absolute atomic E-state index is 12.6. The van der Waals surface area contributed by atoms with Crippen molar-refractivity contribution in [2.75, 3.05) is 5.73 Å². The molecule has 0 atom stereocenters. The highest BCUT2D eigenvalue weighted by atomic mass is 19.4. The molecule has 9 heteroatoms. The molecule has 0 aliphatic carbocycles. The molecule has 3 aromatic rings. The van der Waals surface area contributed by atoms with Crippen molar-refractivity contribution >= 4 is 5.95 Å². The largest absolute Gasteiger partial charge is 0.453 e. The summed E-state index contributed by atoms with van der Waals surface area (Å²) in [6.07, 6.45) is -4.10. The second-order valence-corrected chi connectivity index (χ2v) is 4.75. The number of nitrogens with zero attached hydrogens (tertiary/aromatic N) is 5. The maximum Gasteiger partial charge on any atom is 0.453 e. The number of nitrogens with two attached hydrogens (primary N) is 1. The summed E-state index contributed by atoms with van der Waals surface area (Å²) in [5, 5.41) is 11.2.